The molecule has 0 atom stereocenters. The molecular weight excluding hydrogens is 280 g/mol. The molecule has 1 aliphatic rings. The van der Waals surface area contributed by atoms with Crippen molar-refractivity contribution in [3.05, 3.63) is 30.0 Å². The summed E-state index contributed by atoms with van der Waals surface area (Å²) in [5.41, 5.74) is 1.39. The topological polar surface area (TPSA) is 55.6 Å². The number of hydrogen-bond donors (Lipinski definition) is 0. The lowest BCUT2D eigenvalue weighted by atomic mass is 9.92. The van der Waals surface area contributed by atoms with Gasteiger partial charge in [0.15, 0.2) is 5.58 Å². The number of amides is 1. The Hall–Kier alpha value is -2.04. The van der Waals surface area contributed by atoms with E-state index in [0.717, 1.165) is 29.5 Å². The van der Waals surface area contributed by atoms with Gasteiger partial charge in [0.1, 0.15) is 5.60 Å². The van der Waals surface area contributed by atoms with Gasteiger partial charge in [-0.15, -0.1) is 0 Å². The molecule has 22 heavy (non-hydrogen) atoms. The molecule has 1 aromatic heterocycles. The van der Waals surface area contributed by atoms with Crippen molar-refractivity contribution in [1.82, 2.24) is 10.1 Å². The van der Waals surface area contributed by atoms with Gasteiger partial charge >= 0.3 is 6.09 Å². The molecule has 0 unspecified atom stereocenters. The molecule has 1 aromatic carbocycles. The lowest BCUT2D eigenvalue weighted by Crippen LogP contribution is -2.41. The second kappa shape index (κ2) is 5.63. The largest absolute Gasteiger partial charge is 0.444 e. The van der Waals surface area contributed by atoms with E-state index < -0.39 is 5.60 Å². The van der Waals surface area contributed by atoms with Gasteiger partial charge in [0.2, 0.25) is 0 Å². The Bertz CT molecular complexity index is 664. The summed E-state index contributed by atoms with van der Waals surface area (Å²) in [6.07, 6.45) is 1.54. The summed E-state index contributed by atoms with van der Waals surface area (Å²) in [4.78, 5) is 13.9. The first kappa shape index (κ1) is 14.9. The van der Waals surface area contributed by atoms with Crippen molar-refractivity contribution in [2.45, 2.75) is 45.1 Å². The Morgan fingerprint density at radius 1 is 1.27 bits per heavy atom. The molecule has 0 spiro atoms. The highest BCUT2D eigenvalue weighted by atomic mass is 16.6. The van der Waals surface area contributed by atoms with Crippen LogP contribution < -0.4 is 0 Å². The normalized spacial score (nSPS) is 17.0. The fourth-order valence-electron chi connectivity index (χ4n) is 2.86. The van der Waals surface area contributed by atoms with Gasteiger partial charge in [-0.2, -0.15) is 0 Å². The van der Waals surface area contributed by atoms with E-state index in [4.69, 9.17) is 9.26 Å². The summed E-state index contributed by atoms with van der Waals surface area (Å²) in [7, 11) is 0. The number of hydrogen-bond acceptors (Lipinski definition) is 4. The van der Waals surface area contributed by atoms with E-state index in [1.54, 1.807) is 4.90 Å². The summed E-state index contributed by atoms with van der Waals surface area (Å²) in [6, 6.07) is 7.92. The minimum atomic E-state index is -0.448. The third kappa shape index (κ3) is 3.08. The zero-order valence-electron chi connectivity index (χ0n) is 13.3. The van der Waals surface area contributed by atoms with E-state index in [9.17, 15) is 4.79 Å². The van der Waals surface area contributed by atoms with Gasteiger partial charge in [-0.25, -0.2) is 4.79 Å². The number of para-hydroxylation sites is 1. The monoisotopic (exact) mass is 302 g/mol. The van der Waals surface area contributed by atoms with Crippen LogP contribution in [-0.2, 0) is 4.74 Å². The van der Waals surface area contributed by atoms with E-state index in [0.29, 0.717) is 19.0 Å². The van der Waals surface area contributed by atoms with Gasteiger partial charge in [-0.05, 0) is 45.7 Å². The van der Waals surface area contributed by atoms with E-state index in [1.165, 1.54) is 0 Å². The Morgan fingerprint density at radius 2 is 1.95 bits per heavy atom. The van der Waals surface area contributed by atoms with Gasteiger partial charge in [0.25, 0.3) is 0 Å². The molecular formula is C17H22N2O3. The van der Waals surface area contributed by atoms with E-state index in [2.05, 4.69) is 5.16 Å². The minimum Gasteiger partial charge on any atom is -0.444 e. The molecule has 0 aliphatic carbocycles. The van der Waals surface area contributed by atoms with Crippen LogP contribution in [0.1, 0.15) is 45.2 Å². The summed E-state index contributed by atoms with van der Waals surface area (Å²) < 4.78 is 10.8. The van der Waals surface area contributed by atoms with Gasteiger partial charge in [-0.1, -0.05) is 17.3 Å². The molecule has 5 heteroatoms. The van der Waals surface area contributed by atoms with Crippen LogP contribution in [0.5, 0.6) is 0 Å². The smallest absolute Gasteiger partial charge is 0.410 e. The number of aromatic nitrogens is 1. The standard InChI is InChI=1S/C17H22N2O3/c1-17(2,3)21-16(20)19-10-8-12(9-11-19)15-13-6-4-5-7-14(13)22-18-15/h4-7,12H,8-11H2,1-3H3. The van der Waals surface area contributed by atoms with Crippen molar-refractivity contribution in [2.24, 2.45) is 0 Å². The van der Waals surface area contributed by atoms with Crippen LogP contribution in [0.2, 0.25) is 0 Å². The molecule has 1 amide bonds. The van der Waals surface area contributed by atoms with Crippen LogP contribution in [0, 0.1) is 0 Å². The fraction of sp³-hybridized carbons (Fsp3) is 0.529. The highest BCUT2D eigenvalue weighted by Gasteiger charge is 2.29. The molecule has 2 aromatic rings. The van der Waals surface area contributed by atoms with Gasteiger partial charge in [0.05, 0.1) is 5.69 Å². The molecule has 118 valence electrons. The van der Waals surface area contributed by atoms with Crippen molar-refractivity contribution < 1.29 is 14.1 Å². The number of carbonyl (C=O) groups is 1. The molecule has 3 rings (SSSR count). The molecule has 0 radical (unpaired) electrons. The third-order valence-corrected chi connectivity index (χ3v) is 3.94. The van der Waals surface area contributed by atoms with Crippen molar-refractivity contribution in [3.63, 3.8) is 0 Å². The Labute approximate surface area is 130 Å². The molecule has 2 heterocycles. The molecule has 1 aliphatic heterocycles. The van der Waals surface area contributed by atoms with Gasteiger partial charge < -0.3 is 14.2 Å². The number of carbonyl (C=O) groups excluding carboxylic acids is 1. The number of likely N-dealkylation sites (tertiary alicyclic amines) is 1. The Balaban J connectivity index is 1.66. The molecule has 0 saturated carbocycles. The average Bonchev–Trinajstić information content (AvgIpc) is 2.89. The Kier molecular flexibility index (Phi) is 3.81. The van der Waals surface area contributed by atoms with E-state index in [1.807, 2.05) is 45.0 Å². The third-order valence-electron chi connectivity index (χ3n) is 3.94. The van der Waals surface area contributed by atoms with Gasteiger partial charge in [0, 0.05) is 24.4 Å². The molecule has 1 saturated heterocycles. The first-order valence-electron chi connectivity index (χ1n) is 7.76. The molecule has 1 fully saturated rings. The van der Waals surface area contributed by atoms with Crippen LogP contribution in [0.3, 0.4) is 0 Å². The van der Waals surface area contributed by atoms with Crippen molar-refractivity contribution in [2.75, 3.05) is 13.1 Å². The predicted molar refractivity (Wildman–Crippen MR) is 83.8 cm³/mol. The Morgan fingerprint density at radius 3 is 2.64 bits per heavy atom. The van der Waals surface area contributed by atoms with Crippen LogP contribution in [0.15, 0.2) is 28.8 Å². The lowest BCUT2D eigenvalue weighted by molar-refractivity contribution is 0.0204. The van der Waals surface area contributed by atoms with Crippen LogP contribution in [-0.4, -0.2) is 34.8 Å². The van der Waals surface area contributed by atoms with Crippen LogP contribution in [0.4, 0.5) is 4.79 Å². The highest BCUT2D eigenvalue weighted by Crippen LogP contribution is 2.32. The predicted octanol–water partition coefficient (Wildman–Crippen LogP) is 3.94. The first-order valence-corrected chi connectivity index (χ1v) is 7.76. The summed E-state index contributed by atoms with van der Waals surface area (Å²) >= 11 is 0. The molecule has 0 N–H and O–H groups in total. The second-order valence-electron chi connectivity index (χ2n) is 6.81. The maximum Gasteiger partial charge on any atom is 0.410 e. The first-order chi connectivity index (χ1) is 10.4. The zero-order chi connectivity index (χ0) is 15.7. The lowest BCUT2D eigenvalue weighted by Gasteiger charge is -2.32. The summed E-state index contributed by atoms with van der Waals surface area (Å²) in [5.74, 6) is 0.335. The number of piperidine rings is 1. The second-order valence-corrected chi connectivity index (χ2v) is 6.81. The summed E-state index contributed by atoms with van der Waals surface area (Å²) in [5, 5.41) is 5.32. The van der Waals surface area contributed by atoms with Crippen LogP contribution in [0.25, 0.3) is 11.0 Å². The SMILES string of the molecule is CC(C)(C)OC(=O)N1CCC(c2noc3ccccc23)CC1. The quantitative estimate of drug-likeness (QED) is 0.800. The van der Waals surface area contributed by atoms with Crippen molar-refractivity contribution in [3.8, 4) is 0 Å². The molecule has 5 nitrogen and oxygen atoms in total. The van der Waals surface area contributed by atoms with Crippen molar-refractivity contribution in [1.29, 1.82) is 0 Å². The highest BCUT2D eigenvalue weighted by molar-refractivity contribution is 5.79. The number of benzene rings is 1. The maximum atomic E-state index is 12.1. The fourth-order valence-corrected chi connectivity index (χ4v) is 2.86. The minimum absolute atomic E-state index is 0.226. The maximum absolute atomic E-state index is 12.1. The molecule has 0 bridgehead atoms. The zero-order valence-corrected chi connectivity index (χ0v) is 13.3. The average molecular weight is 302 g/mol. The number of nitrogens with zero attached hydrogens (tertiary/aromatic N) is 2. The number of fused-ring (bicyclic) bond motifs is 1. The number of ether oxygens (including phenoxy) is 1. The van der Waals surface area contributed by atoms with Crippen molar-refractivity contribution >= 4 is 17.1 Å². The van der Waals surface area contributed by atoms with E-state index >= 15 is 0 Å². The van der Waals surface area contributed by atoms with E-state index in [-0.39, 0.29) is 6.09 Å². The van der Waals surface area contributed by atoms with Crippen LogP contribution >= 0.6 is 0 Å². The summed E-state index contributed by atoms with van der Waals surface area (Å²) in [6.45, 7) is 7.05. The van der Waals surface area contributed by atoms with Gasteiger partial charge in [-0.3, -0.25) is 0 Å². The number of rotatable bonds is 1.